The van der Waals surface area contributed by atoms with E-state index in [2.05, 4.69) is 5.32 Å². The van der Waals surface area contributed by atoms with Gasteiger partial charge in [-0.25, -0.2) is 0 Å². The van der Waals surface area contributed by atoms with Gasteiger partial charge in [0.05, 0.1) is 13.0 Å². The van der Waals surface area contributed by atoms with Crippen molar-refractivity contribution >= 4 is 17.7 Å². The van der Waals surface area contributed by atoms with E-state index in [9.17, 15) is 14.4 Å². The molecule has 1 atom stereocenters. The van der Waals surface area contributed by atoms with Crippen LogP contribution in [-0.2, 0) is 20.9 Å². The highest BCUT2D eigenvalue weighted by Gasteiger charge is 2.38. The van der Waals surface area contributed by atoms with Crippen LogP contribution in [0.5, 0.6) is 0 Å². The van der Waals surface area contributed by atoms with E-state index in [-0.39, 0.29) is 30.7 Å². The largest absolute Gasteiger partial charge is 0.344 e. The molecule has 1 saturated heterocycles. The van der Waals surface area contributed by atoms with Gasteiger partial charge in [-0.2, -0.15) is 0 Å². The number of nitrogens with one attached hydrogen (secondary N) is 1. The molecule has 1 aliphatic rings. The Morgan fingerprint density at radius 3 is 2.61 bits per heavy atom. The third-order valence-corrected chi connectivity index (χ3v) is 2.80. The molecule has 0 aromatic heterocycles. The zero-order chi connectivity index (χ0) is 13.1. The average molecular weight is 246 g/mol. The number of rotatable bonds is 3. The quantitative estimate of drug-likeness (QED) is 0.787. The van der Waals surface area contributed by atoms with Crippen LogP contribution in [0.2, 0.25) is 0 Å². The molecule has 18 heavy (non-hydrogen) atoms. The first-order chi connectivity index (χ1) is 8.58. The Hall–Kier alpha value is -2.17. The smallest absolute Gasteiger partial charge is 0.252 e. The molecule has 2 rings (SSSR count). The molecule has 1 N–H and O–H groups in total. The summed E-state index contributed by atoms with van der Waals surface area (Å²) in [4.78, 5) is 35.8. The number of hydrogen-bond donors (Lipinski definition) is 1. The maximum absolute atomic E-state index is 11.9. The summed E-state index contributed by atoms with van der Waals surface area (Å²) in [5.41, 5.74) is 0.891. The molecule has 0 spiro atoms. The second kappa shape index (κ2) is 5.00. The first-order valence-electron chi connectivity index (χ1n) is 5.73. The van der Waals surface area contributed by atoms with Crippen LogP contribution >= 0.6 is 0 Å². The fourth-order valence-corrected chi connectivity index (χ4v) is 1.97. The van der Waals surface area contributed by atoms with Gasteiger partial charge in [0, 0.05) is 6.92 Å². The number of carbonyl (C=O) groups excluding carboxylic acids is 3. The number of carbonyl (C=O) groups is 3. The third kappa shape index (κ3) is 2.56. The van der Waals surface area contributed by atoms with E-state index in [4.69, 9.17) is 0 Å². The second-order valence-corrected chi connectivity index (χ2v) is 4.26. The van der Waals surface area contributed by atoms with Crippen molar-refractivity contribution in [3.8, 4) is 0 Å². The highest BCUT2D eigenvalue weighted by molar-refractivity contribution is 6.06. The Bertz CT molecular complexity index is 484. The number of nitrogens with zero attached hydrogens (tertiary/aromatic N) is 1. The van der Waals surface area contributed by atoms with E-state index in [0.29, 0.717) is 0 Å². The van der Waals surface area contributed by atoms with E-state index in [1.54, 1.807) is 0 Å². The highest BCUT2D eigenvalue weighted by Crippen LogP contribution is 2.16. The van der Waals surface area contributed by atoms with Crippen molar-refractivity contribution < 1.29 is 14.4 Å². The van der Waals surface area contributed by atoms with Crippen LogP contribution in [-0.4, -0.2) is 28.7 Å². The standard InChI is InChI=1S/C13H14N2O3/c1-9(16)14-11-7-12(17)15(13(11)18)8-10-5-3-2-4-6-10/h2-6,11H,7-8H2,1H3,(H,14,16)/t11-/m0/s1. The normalized spacial score (nSPS) is 19.2. The molecule has 0 aliphatic carbocycles. The molecule has 1 heterocycles. The van der Waals surface area contributed by atoms with E-state index < -0.39 is 6.04 Å². The molecule has 1 aliphatic heterocycles. The third-order valence-electron chi connectivity index (χ3n) is 2.80. The van der Waals surface area contributed by atoms with Crippen molar-refractivity contribution in [2.24, 2.45) is 0 Å². The maximum Gasteiger partial charge on any atom is 0.252 e. The first-order valence-corrected chi connectivity index (χ1v) is 5.73. The van der Waals surface area contributed by atoms with Crippen LogP contribution in [0.3, 0.4) is 0 Å². The Morgan fingerprint density at radius 2 is 2.00 bits per heavy atom. The Labute approximate surface area is 105 Å². The molecule has 0 bridgehead atoms. The van der Waals surface area contributed by atoms with Crippen molar-refractivity contribution in [1.82, 2.24) is 10.2 Å². The molecular weight excluding hydrogens is 232 g/mol. The number of imide groups is 1. The lowest BCUT2D eigenvalue weighted by Crippen LogP contribution is -2.40. The molecular formula is C13H14N2O3. The minimum absolute atomic E-state index is 0.0469. The molecule has 5 nitrogen and oxygen atoms in total. The van der Waals surface area contributed by atoms with Crippen LogP contribution in [0.4, 0.5) is 0 Å². The SMILES string of the molecule is CC(=O)N[C@H]1CC(=O)N(Cc2ccccc2)C1=O. The highest BCUT2D eigenvalue weighted by atomic mass is 16.2. The Kier molecular flexibility index (Phi) is 3.41. The lowest BCUT2D eigenvalue weighted by Gasteiger charge is -2.15. The molecule has 0 saturated carbocycles. The van der Waals surface area contributed by atoms with Gasteiger partial charge in [0.15, 0.2) is 0 Å². The van der Waals surface area contributed by atoms with Crippen LogP contribution < -0.4 is 5.32 Å². The van der Waals surface area contributed by atoms with Crippen molar-refractivity contribution in [3.63, 3.8) is 0 Å². The van der Waals surface area contributed by atoms with Crippen LogP contribution in [0.1, 0.15) is 18.9 Å². The number of hydrogen-bond acceptors (Lipinski definition) is 3. The van der Waals surface area contributed by atoms with Gasteiger partial charge in [-0.15, -0.1) is 0 Å². The predicted molar refractivity (Wildman–Crippen MR) is 64.2 cm³/mol. The van der Waals surface area contributed by atoms with Gasteiger partial charge in [0.2, 0.25) is 11.8 Å². The number of benzene rings is 1. The minimum atomic E-state index is -0.710. The summed E-state index contributed by atoms with van der Waals surface area (Å²) in [5.74, 6) is -0.885. The van der Waals surface area contributed by atoms with Gasteiger partial charge in [-0.05, 0) is 5.56 Å². The molecule has 5 heteroatoms. The van der Waals surface area contributed by atoms with E-state index in [0.717, 1.165) is 5.56 Å². The van der Waals surface area contributed by atoms with Gasteiger partial charge < -0.3 is 5.32 Å². The summed E-state index contributed by atoms with van der Waals surface area (Å²) < 4.78 is 0. The summed E-state index contributed by atoms with van der Waals surface area (Å²) in [6.07, 6.45) is 0.0469. The summed E-state index contributed by atoms with van der Waals surface area (Å²) in [6.45, 7) is 1.59. The molecule has 0 radical (unpaired) electrons. The van der Waals surface area contributed by atoms with E-state index in [1.807, 2.05) is 30.3 Å². The van der Waals surface area contributed by atoms with Gasteiger partial charge in [0.1, 0.15) is 6.04 Å². The zero-order valence-corrected chi connectivity index (χ0v) is 10.1. The fourth-order valence-electron chi connectivity index (χ4n) is 1.97. The lowest BCUT2D eigenvalue weighted by molar-refractivity contribution is -0.140. The minimum Gasteiger partial charge on any atom is -0.344 e. The monoisotopic (exact) mass is 246 g/mol. The zero-order valence-electron chi connectivity index (χ0n) is 10.1. The Morgan fingerprint density at radius 1 is 1.33 bits per heavy atom. The molecule has 1 aromatic carbocycles. The molecule has 1 fully saturated rings. The lowest BCUT2D eigenvalue weighted by atomic mass is 10.2. The summed E-state index contributed by atoms with van der Waals surface area (Å²) in [7, 11) is 0. The van der Waals surface area contributed by atoms with Crippen LogP contribution in [0.25, 0.3) is 0 Å². The van der Waals surface area contributed by atoms with Gasteiger partial charge in [-0.3, -0.25) is 19.3 Å². The van der Waals surface area contributed by atoms with E-state index in [1.165, 1.54) is 11.8 Å². The van der Waals surface area contributed by atoms with Gasteiger partial charge in [0.25, 0.3) is 5.91 Å². The number of amides is 3. The van der Waals surface area contributed by atoms with Crippen LogP contribution in [0, 0.1) is 0 Å². The van der Waals surface area contributed by atoms with Crippen molar-refractivity contribution in [3.05, 3.63) is 35.9 Å². The van der Waals surface area contributed by atoms with E-state index >= 15 is 0 Å². The molecule has 1 aromatic rings. The molecule has 0 unspecified atom stereocenters. The average Bonchev–Trinajstić information content (AvgIpc) is 2.58. The Balaban J connectivity index is 2.08. The fraction of sp³-hybridized carbons (Fsp3) is 0.308. The van der Waals surface area contributed by atoms with Gasteiger partial charge >= 0.3 is 0 Å². The van der Waals surface area contributed by atoms with Crippen molar-refractivity contribution in [2.45, 2.75) is 25.9 Å². The maximum atomic E-state index is 11.9. The van der Waals surface area contributed by atoms with Gasteiger partial charge in [-0.1, -0.05) is 30.3 Å². The van der Waals surface area contributed by atoms with Crippen molar-refractivity contribution in [1.29, 1.82) is 0 Å². The summed E-state index contributed by atoms with van der Waals surface area (Å²) >= 11 is 0. The summed E-state index contributed by atoms with van der Waals surface area (Å²) in [5, 5.41) is 2.49. The predicted octanol–water partition coefficient (Wildman–Crippen LogP) is 0.450. The summed E-state index contributed by atoms with van der Waals surface area (Å²) in [6, 6.07) is 8.58. The van der Waals surface area contributed by atoms with Crippen LogP contribution in [0.15, 0.2) is 30.3 Å². The molecule has 94 valence electrons. The topological polar surface area (TPSA) is 66.5 Å². The van der Waals surface area contributed by atoms with Crippen molar-refractivity contribution in [2.75, 3.05) is 0 Å². The second-order valence-electron chi connectivity index (χ2n) is 4.26. The first kappa shape index (κ1) is 12.3. The molecule has 3 amide bonds. The number of likely N-dealkylation sites (tertiary alicyclic amines) is 1.